The van der Waals surface area contributed by atoms with Gasteiger partial charge in [-0.3, -0.25) is 19.1 Å². The van der Waals surface area contributed by atoms with Gasteiger partial charge in [-0.1, -0.05) is 19.3 Å². The predicted molar refractivity (Wildman–Crippen MR) is 166 cm³/mol. The van der Waals surface area contributed by atoms with Gasteiger partial charge in [-0.15, -0.1) is 11.8 Å². The fraction of sp³-hybridized carbons (Fsp3) is 0.562. The second-order valence-electron chi connectivity index (χ2n) is 12.1. The molecule has 11 heteroatoms. The number of carbonyl (C=O) groups excluding carboxylic acids is 2. The summed E-state index contributed by atoms with van der Waals surface area (Å²) >= 11 is 1.69. The molecule has 1 aliphatic carbocycles. The molecule has 1 aromatic carbocycles. The zero-order valence-corrected chi connectivity index (χ0v) is 25.3. The Morgan fingerprint density at radius 1 is 0.907 bits per heavy atom. The van der Waals surface area contributed by atoms with E-state index in [0.717, 1.165) is 50.5 Å². The number of rotatable bonds is 6. The molecule has 4 fully saturated rings. The standard InChI is InChI=1S/C32H39N5O5S/c38-28(35-15-12-25(13-16-35)36-26-7-4-14-33-29(26)42-32(36)40)21-27-30(39)37(31(43-27)22-5-2-1-3-6-22)24-10-8-23(9-11-24)34-17-19-41-20-18-34/h4,7-11,14,22,25,27,31H,1-3,5-6,12-13,15-21H2. The van der Waals surface area contributed by atoms with E-state index in [0.29, 0.717) is 43.1 Å². The number of benzene rings is 1. The lowest BCUT2D eigenvalue weighted by Gasteiger charge is -2.33. The fourth-order valence-electron chi connectivity index (χ4n) is 7.25. The number of morpholine rings is 1. The van der Waals surface area contributed by atoms with Gasteiger partial charge >= 0.3 is 5.76 Å². The molecule has 3 aromatic rings. The summed E-state index contributed by atoms with van der Waals surface area (Å²) < 4.78 is 12.5. The van der Waals surface area contributed by atoms with Gasteiger partial charge < -0.3 is 19.0 Å². The molecule has 0 bridgehead atoms. The second kappa shape index (κ2) is 12.4. The van der Waals surface area contributed by atoms with Crippen molar-refractivity contribution < 1.29 is 18.7 Å². The lowest BCUT2D eigenvalue weighted by molar-refractivity contribution is -0.133. The highest BCUT2D eigenvalue weighted by Crippen LogP contribution is 2.45. The first-order valence-corrected chi connectivity index (χ1v) is 16.7. The van der Waals surface area contributed by atoms with Gasteiger partial charge in [-0.05, 0) is 68.0 Å². The maximum atomic E-state index is 14.0. The van der Waals surface area contributed by atoms with Gasteiger partial charge in [0.05, 0.1) is 23.8 Å². The molecule has 43 heavy (non-hydrogen) atoms. The maximum absolute atomic E-state index is 14.0. The van der Waals surface area contributed by atoms with Crippen molar-refractivity contribution in [1.82, 2.24) is 14.5 Å². The molecule has 10 nitrogen and oxygen atoms in total. The molecule has 7 rings (SSSR count). The third-order valence-electron chi connectivity index (χ3n) is 9.56. The van der Waals surface area contributed by atoms with Crippen LogP contribution in [0.3, 0.4) is 0 Å². The smallest absolute Gasteiger partial charge is 0.389 e. The van der Waals surface area contributed by atoms with Crippen LogP contribution in [-0.2, 0) is 14.3 Å². The van der Waals surface area contributed by atoms with Gasteiger partial charge in [0.15, 0.2) is 0 Å². The summed E-state index contributed by atoms with van der Waals surface area (Å²) in [5.74, 6) is 0.0995. The van der Waals surface area contributed by atoms with Crippen molar-refractivity contribution >= 4 is 46.2 Å². The molecule has 3 saturated heterocycles. The van der Waals surface area contributed by atoms with Crippen molar-refractivity contribution in [3.05, 3.63) is 53.1 Å². The summed E-state index contributed by atoms with van der Waals surface area (Å²) in [5.41, 5.74) is 3.11. The fourth-order valence-corrected chi connectivity index (χ4v) is 8.89. The minimum absolute atomic E-state index is 0.0160. The number of anilines is 2. The molecule has 2 unspecified atom stereocenters. The lowest BCUT2D eigenvalue weighted by atomic mass is 9.88. The van der Waals surface area contributed by atoms with Crippen LogP contribution in [-0.4, -0.2) is 76.3 Å². The second-order valence-corrected chi connectivity index (χ2v) is 13.4. The van der Waals surface area contributed by atoms with E-state index >= 15 is 0 Å². The largest absolute Gasteiger partial charge is 0.421 e. The minimum atomic E-state index is -0.404. The van der Waals surface area contributed by atoms with Crippen LogP contribution in [0.4, 0.5) is 11.4 Å². The number of hydrogen-bond acceptors (Lipinski definition) is 8. The quantitative estimate of drug-likeness (QED) is 0.407. The SMILES string of the molecule is O=C(CC1SC(C2CCCCC2)N(c2ccc(N3CCOCC3)cc2)C1=O)N1CCC(n2c(=O)oc3ncccc32)CC1. The molecule has 228 valence electrons. The van der Waals surface area contributed by atoms with Crippen LogP contribution < -0.4 is 15.6 Å². The third kappa shape index (κ3) is 5.69. The molecule has 3 aliphatic heterocycles. The molecule has 2 atom stereocenters. The topological polar surface area (TPSA) is 101 Å². The van der Waals surface area contributed by atoms with Gasteiger partial charge in [0.2, 0.25) is 17.5 Å². The Balaban J connectivity index is 1.03. The normalized spacial score (nSPS) is 24.3. The van der Waals surface area contributed by atoms with Crippen LogP contribution in [0.2, 0.25) is 0 Å². The Morgan fingerprint density at radius 2 is 1.63 bits per heavy atom. The van der Waals surface area contributed by atoms with Crippen LogP contribution in [0.25, 0.3) is 11.2 Å². The summed E-state index contributed by atoms with van der Waals surface area (Å²) in [6, 6.07) is 12.0. The number of amides is 2. The number of likely N-dealkylation sites (tertiary alicyclic amines) is 1. The van der Waals surface area contributed by atoms with Gasteiger partial charge in [0.1, 0.15) is 5.52 Å². The Kier molecular flexibility index (Phi) is 8.18. The molecule has 4 aliphatic rings. The average Bonchev–Trinajstić information content (AvgIpc) is 3.57. The molecule has 0 radical (unpaired) electrons. The van der Waals surface area contributed by atoms with Crippen molar-refractivity contribution in [2.45, 2.75) is 68.0 Å². The number of carbonyl (C=O) groups is 2. The van der Waals surface area contributed by atoms with Crippen LogP contribution in [0.15, 0.2) is 51.8 Å². The number of oxazole rings is 1. The number of fused-ring (bicyclic) bond motifs is 1. The highest BCUT2D eigenvalue weighted by molar-refractivity contribution is 8.02. The maximum Gasteiger partial charge on any atom is 0.421 e. The summed E-state index contributed by atoms with van der Waals surface area (Å²) in [6.45, 7) is 4.31. The first-order valence-electron chi connectivity index (χ1n) is 15.7. The van der Waals surface area contributed by atoms with E-state index in [1.807, 2.05) is 15.9 Å². The molecular weight excluding hydrogens is 566 g/mol. The number of nitrogens with zero attached hydrogens (tertiary/aromatic N) is 5. The van der Waals surface area contributed by atoms with Crippen molar-refractivity contribution in [2.24, 2.45) is 5.92 Å². The van der Waals surface area contributed by atoms with Gasteiger partial charge in [0.25, 0.3) is 0 Å². The Labute approximate surface area is 255 Å². The summed E-state index contributed by atoms with van der Waals surface area (Å²) in [5, 5.41) is -0.331. The lowest BCUT2D eigenvalue weighted by Crippen LogP contribution is -2.42. The molecule has 2 aromatic heterocycles. The first kappa shape index (κ1) is 28.5. The van der Waals surface area contributed by atoms with E-state index in [1.165, 1.54) is 19.3 Å². The zero-order valence-electron chi connectivity index (χ0n) is 24.4. The van der Waals surface area contributed by atoms with Gasteiger partial charge in [0, 0.05) is 56.2 Å². The van der Waals surface area contributed by atoms with Crippen LogP contribution in [0, 0.1) is 5.92 Å². The average molecular weight is 606 g/mol. The van der Waals surface area contributed by atoms with E-state index in [-0.39, 0.29) is 34.9 Å². The number of ether oxygens (including phenoxy) is 1. The first-order chi connectivity index (χ1) is 21.1. The minimum Gasteiger partial charge on any atom is -0.389 e. The van der Waals surface area contributed by atoms with Crippen molar-refractivity contribution in [1.29, 1.82) is 0 Å². The van der Waals surface area contributed by atoms with Crippen LogP contribution in [0.1, 0.15) is 57.4 Å². The molecular formula is C32H39N5O5S. The van der Waals surface area contributed by atoms with Gasteiger partial charge in [-0.25, -0.2) is 9.78 Å². The van der Waals surface area contributed by atoms with Crippen LogP contribution in [0.5, 0.6) is 0 Å². The Hall–Kier alpha value is -3.31. The molecule has 5 heterocycles. The molecule has 0 N–H and O–H groups in total. The highest BCUT2D eigenvalue weighted by atomic mass is 32.2. The summed E-state index contributed by atoms with van der Waals surface area (Å²) in [7, 11) is 0. The molecule has 1 saturated carbocycles. The number of hydrogen-bond donors (Lipinski definition) is 0. The van der Waals surface area contributed by atoms with Crippen molar-refractivity contribution in [3.8, 4) is 0 Å². The van der Waals surface area contributed by atoms with Crippen LogP contribution >= 0.6 is 11.8 Å². The highest BCUT2D eigenvalue weighted by Gasteiger charge is 2.46. The van der Waals surface area contributed by atoms with E-state index in [4.69, 9.17) is 9.15 Å². The number of thioether (sulfide) groups is 1. The molecule has 0 spiro atoms. The monoisotopic (exact) mass is 605 g/mol. The Bertz CT molecular complexity index is 1500. The van der Waals surface area contributed by atoms with Gasteiger partial charge in [-0.2, -0.15) is 0 Å². The number of pyridine rings is 1. The van der Waals surface area contributed by atoms with E-state index in [2.05, 4.69) is 34.1 Å². The third-order valence-corrected chi connectivity index (χ3v) is 11.1. The Morgan fingerprint density at radius 3 is 2.37 bits per heavy atom. The van der Waals surface area contributed by atoms with E-state index in [9.17, 15) is 14.4 Å². The van der Waals surface area contributed by atoms with E-state index < -0.39 is 5.76 Å². The van der Waals surface area contributed by atoms with E-state index in [1.54, 1.807) is 28.6 Å². The summed E-state index contributed by atoms with van der Waals surface area (Å²) in [4.78, 5) is 50.4. The number of aromatic nitrogens is 2. The molecule has 2 amide bonds. The number of piperidine rings is 1. The zero-order chi connectivity index (χ0) is 29.3. The predicted octanol–water partition coefficient (Wildman–Crippen LogP) is 4.43. The van der Waals surface area contributed by atoms with Crippen molar-refractivity contribution in [2.75, 3.05) is 49.2 Å². The van der Waals surface area contributed by atoms with Crippen molar-refractivity contribution in [3.63, 3.8) is 0 Å². The summed E-state index contributed by atoms with van der Waals surface area (Å²) in [6.07, 6.45) is 9.04.